The lowest BCUT2D eigenvalue weighted by Gasteiger charge is -2.57. The quantitative estimate of drug-likeness (QED) is 0.819. The molecule has 0 amide bonds. The molecule has 1 nitrogen and oxygen atoms in total. The molecule has 0 radical (unpaired) electrons. The molecule has 0 aliphatic heterocycles. The van der Waals surface area contributed by atoms with Crippen molar-refractivity contribution < 1.29 is 0 Å². The molecule has 1 aromatic carbocycles. The van der Waals surface area contributed by atoms with E-state index in [2.05, 4.69) is 40.2 Å². The molecular weight excluding hydrogens is 274 g/mol. The van der Waals surface area contributed by atoms with Crippen LogP contribution in [0.4, 0.5) is 0 Å². The second-order valence-electron chi connectivity index (χ2n) is 6.08. The summed E-state index contributed by atoms with van der Waals surface area (Å²) in [4.78, 5) is 0. The molecule has 2 fully saturated rings. The summed E-state index contributed by atoms with van der Waals surface area (Å²) in [5, 5.41) is 0. The van der Waals surface area contributed by atoms with Gasteiger partial charge in [0.2, 0.25) is 0 Å². The van der Waals surface area contributed by atoms with Crippen molar-refractivity contribution in [3.63, 3.8) is 0 Å². The van der Waals surface area contributed by atoms with Crippen molar-refractivity contribution in [1.82, 2.24) is 0 Å². The molecule has 0 bridgehead atoms. The van der Waals surface area contributed by atoms with Gasteiger partial charge >= 0.3 is 0 Å². The largest absolute Gasteiger partial charge is 0.321 e. The van der Waals surface area contributed by atoms with Crippen LogP contribution in [-0.2, 0) is 5.54 Å². The molecule has 0 heterocycles. The average molecular weight is 294 g/mol. The summed E-state index contributed by atoms with van der Waals surface area (Å²) < 4.78 is 1.14. The summed E-state index contributed by atoms with van der Waals surface area (Å²) in [6.07, 6.45) is 9.44. The van der Waals surface area contributed by atoms with Crippen LogP contribution in [0.25, 0.3) is 0 Å². The zero-order chi connectivity index (χ0) is 11.9. The zero-order valence-electron chi connectivity index (χ0n) is 10.2. The smallest absolute Gasteiger partial charge is 0.0420 e. The molecule has 2 heteroatoms. The minimum absolute atomic E-state index is 0.0544. The van der Waals surface area contributed by atoms with E-state index in [1.54, 1.807) is 0 Å². The van der Waals surface area contributed by atoms with Crippen molar-refractivity contribution in [3.05, 3.63) is 34.3 Å². The summed E-state index contributed by atoms with van der Waals surface area (Å²) in [5.74, 6) is 0. The van der Waals surface area contributed by atoms with E-state index in [-0.39, 0.29) is 5.54 Å². The second-order valence-corrected chi connectivity index (χ2v) is 7.00. The van der Waals surface area contributed by atoms with Gasteiger partial charge in [-0.05, 0) is 48.8 Å². The number of benzene rings is 1. The molecule has 0 aromatic heterocycles. The SMILES string of the molecule is NC1(c2cccc(Br)c2)CC2(CCCCC2)C1. The Bertz CT molecular complexity index is 413. The van der Waals surface area contributed by atoms with Gasteiger partial charge in [0.15, 0.2) is 0 Å². The summed E-state index contributed by atoms with van der Waals surface area (Å²) in [6.45, 7) is 0. The molecule has 92 valence electrons. The van der Waals surface area contributed by atoms with Gasteiger partial charge in [0.1, 0.15) is 0 Å². The molecule has 0 unspecified atom stereocenters. The minimum Gasteiger partial charge on any atom is -0.321 e. The van der Waals surface area contributed by atoms with Crippen molar-refractivity contribution in [1.29, 1.82) is 0 Å². The fourth-order valence-corrected chi connectivity index (χ4v) is 4.34. The lowest BCUT2D eigenvalue weighted by atomic mass is 9.51. The monoisotopic (exact) mass is 293 g/mol. The molecule has 2 saturated carbocycles. The van der Waals surface area contributed by atoms with Crippen molar-refractivity contribution in [2.24, 2.45) is 11.1 Å². The Morgan fingerprint density at radius 2 is 1.76 bits per heavy atom. The average Bonchev–Trinajstić information content (AvgIpc) is 2.28. The molecule has 1 spiro atoms. The number of rotatable bonds is 1. The maximum absolute atomic E-state index is 6.58. The van der Waals surface area contributed by atoms with Crippen molar-refractivity contribution in [3.8, 4) is 0 Å². The first-order valence-electron chi connectivity index (χ1n) is 6.67. The van der Waals surface area contributed by atoms with E-state index in [0.29, 0.717) is 5.41 Å². The lowest BCUT2D eigenvalue weighted by Crippen LogP contribution is -2.56. The molecule has 2 N–H and O–H groups in total. The van der Waals surface area contributed by atoms with Gasteiger partial charge in [0, 0.05) is 10.0 Å². The van der Waals surface area contributed by atoms with Crippen LogP contribution in [0, 0.1) is 5.41 Å². The van der Waals surface area contributed by atoms with Crippen LogP contribution in [-0.4, -0.2) is 0 Å². The highest BCUT2D eigenvalue weighted by Gasteiger charge is 2.52. The van der Waals surface area contributed by atoms with E-state index in [4.69, 9.17) is 5.73 Å². The molecule has 0 atom stereocenters. The molecule has 2 aliphatic carbocycles. The predicted molar refractivity (Wildman–Crippen MR) is 74.8 cm³/mol. The molecule has 1 aromatic rings. The standard InChI is InChI=1S/C15H20BrN/c16-13-6-4-5-12(9-13)15(17)10-14(11-15)7-2-1-3-8-14/h4-6,9H,1-3,7-8,10-11,17H2. The van der Waals surface area contributed by atoms with Crippen LogP contribution in [0.5, 0.6) is 0 Å². The lowest BCUT2D eigenvalue weighted by molar-refractivity contribution is -0.00992. The first-order valence-corrected chi connectivity index (χ1v) is 7.46. The Balaban J connectivity index is 1.77. The Kier molecular flexibility index (Phi) is 2.83. The highest BCUT2D eigenvalue weighted by molar-refractivity contribution is 9.10. The van der Waals surface area contributed by atoms with E-state index >= 15 is 0 Å². The molecular formula is C15H20BrN. The summed E-state index contributed by atoms with van der Waals surface area (Å²) in [7, 11) is 0. The van der Waals surface area contributed by atoms with E-state index in [1.165, 1.54) is 50.5 Å². The maximum atomic E-state index is 6.58. The van der Waals surface area contributed by atoms with Gasteiger partial charge in [-0.2, -0.15) is 0 Å². The first-order chi connectivity index (χ1) is 8.12. The Labute approximate surface area is 112 Å². The Morgan fingerprint density at radius 1 is 1.06 bits per heavy atom. The van der Waals surface area contributed by atoms with E-state index in [0.717, 1.165) is 4.47 Å². The minimum atomic E-state index is -0.0544. The fourth-order valence-electron chi connectivity index (χ4n) is 3.94. The third-order valence-electron chi connectivity index (χ3n) is 4.69. The van der Waals surface area contributed by atoms with Crippen LogP contribution in [0.15, 0.2) is 28.7 Å². The van der Waals surface area contributed by atoms with Crippen molar-refractivity contribution in [2.75, 3.05) is 0 Å². The van der Waals surface area contributed by atoms with Crippen molar-refractivity contribution >= 4 is 15.9 Å². The molecule has 3 rings (SSSR count). The highest BCUT2D eigenvalue weighted by atomic mass is 79.9. The van der Waals surface area contributed by atoms with Crippen LogP contribution < -0.4 is 5.73 Å². The molecule has 17 heavy (non-hydrogen) atoms. The highest BCUT2D eigenvalue weighted by Crippen LogP contribution is 2.59. The fraction of sp³-hybridized carbons (Fsp3) is 0.600. The molecule has 0 saturated heterocycles. The summed E-state index contributed by atoms with van der Waals surface area (Å²) in [5.41, 5.74) is 8.42. The topological polar surface area (TPSA) is 26.0 Å². The van der Waals surface area contributed by atoms with Gasteiger partial charge in [-0.3, -0.25) is 0 Å². The molecule has 2 aliphatic rings. The summed E-state index contributed by atoms with van der Waals surface area (Å²) in [6, 6.07) is 8.54. The number of hydrogen-bond donors (Lipinski definition) is 1. The summed E-state index contributed by atoms with van der Waals surface area (Å²) >= 11 is 3.54. The number of halogens is 1. The van der Waals surface area contributed by atoms with Crippen LogP contribution in [0.2, 0.25) is 0 Å². The normalized spacial score (nSPS) is 25.5. The maximum Gasteiger partial charge on any atom is 0.0420 e. The number of nitrogens with two attached hydrogens (primary N) is 1. The van der Waals surface area contributed by atoms with E-state index < -0.39 is 0 Å². The van der Waals surface area contributed by atoms with Crippen LogP contribution in [0.1, 0.15) is 50.5 Å². The van der Waals surface area contributed by atoms with Crippen molar-refractivity contribution in [2.45, 2.75) is 50.5 Å². The Morgan fingerprint density at radius 3 is 2.41 bits per heavy atom. The van der Waals surface area contributed by atoms with Gasteiger partial charge in [0.05, 0.1) is 0 Å². The third kappa shape index (κ3) is 2.06. The van der Waals surface area contributed by atoms with Gasteiger partial charge in [-0.25, -0.2) is 0 Å². The van der Waals surface area contributed by atoms with Crippen LogP contribution in [0.3, 0.4) is 0 Å². The third-order valence-corrected chi connectivity index (χ3v) is 5.19. The van der Waals surface area contributed by atoms with E-state index in [1.807, 2.05) is 0 Å². The van der Waals surface area contributed by atoms with Gasteiger partial charge in [0.25, 0.3) is 0 Å². The predicted octanol–water partition coefficient (Wildman–Crippen LogP) is 4.35. The van der Waals surface area contributed by atoms with Gasteiger partial charge < -0.3 is 5.73 Å². The van der Waals surface area contributed by atoms with Gasteiger partial charge in [-0.1, -0.05) is 47.3 Å². The number of hydrogen-bond acceptors (Lipinski definition) is 1. The Hall–Kier alpha value is -0.340. The van der Waals surface area contributed by atoms with Crippen LogP contribution >= 0.6 is 15.9 Å². The second kappa shape index (κ2) is 4.10. The van der Waals surface area contributed by atoms with E-state index in [9.17, 15) is 0 Å². The van der Waals surface area contributed by atoms with Gasteiger partial charge in [-0.15, -0.1) is 0 Å². The first kappa shape index (κ1) is 11.7. The zero-order valence-corrected chi connectivity index (χ0v) is 11.8.